The van der Waals surface area contributed by atoms with Crippen LogP contribution in [-0.4, -0.2) is 18.4 Å². The Balaban J connectivity index is 2.71. The zero-order valence-corrected chi connectivity index (χ0v) is 12.5. The zero-order chi connectivity index (χ0) is 10.6. The third kappa shape index (κ3) is 4.32. The van der Waals surface area contributed by atoms with Crippen molar-refractivity contribution in [2.75, 3.05) is 0 Å². The number of rotatable bonds is 3. The molecule has 0 aliphatic heterocycles. The van der Waals surface area contributed by atoms with Crippen LogP contribution in [0, 0.1) is 0 Å². The molecule has 0 fully saturated rings. The van der Waals surface area contributed by atoms with E-state index in [9.17, 15) is 0 Å². The summed E-state index contributed by atoms with van der Waals surface area (Å²) in [6.07, 6.45) is 2.42. The molecule has 14 heavy (non-hydrogen) atoms. The molecule has 0 bridgehead atoms. The standard InChI is InChI=1S/C10H11.3CH3.Sn/c1-3-9(2)10-7-5-4-6-8-10;;;;/h3-8H,1H2,2H3;3*1H3;/b9-3+;;;;. The first-order valence-corrected chi connectivity index (χ1v) is 15.8. The molecule has 0 nitrogen and oxygen atoms in total. The molecule has 0 saturated carbocycles. The number of hydrogen-bond acceptors (Lipinski definition) is 0. The van der Waals surface area contributed by atoms with Gasteiger partial charge in [-0.25, -0.2) is 0 Å². The summed E-state index contributed by atoms with van der Waals surface area (Å²) in [7, 11) is 0. The summed E-state index contributed by atoms with van der Waals surface area (Å²) in [6.45, 7) is 2.22. The monoisotopic (exact) mass is 296 g/mol. The van der Waals surface area contributed by atoms with Gasteiger partial charge in [-0.15, -0.1) is 0 Å². The van der Waals surface area contributed by atoms with Crippen LogP contribution >= 0.6 is 0 Å². The third-order valence-electron chi connectivity index (χ3n) is 2.25. The van der Waals surface area contributed by atoms with Crippen LogP contribution in [0.15, 0.2) is 36.4 Å². The van der Waals surface area contributed by atoms with Crippen LogP contribution in [0.5, 0.6) is 0 Å². The molecule has 0 aromatic heterocycles. The molecular formula is C13H20Sn. The second-order valence-electron chi connectivity index (χ2n) is 5.02. The molecule has 76 valence electrons. The van der Waals surface area contributed by atoms with E-state index in [1.807, 2.05) is 0 Å². The Kier molecular flexibility index (Phi) is 4.24. The van der Waals surface area contributed by atoms with Crippen molar-refractivity contribution >= 4 is 24.0 Å². The van der Waals surface area contributed by atoms with Crippen LogP contribution in [-0.2, 0) is 0 Å². The van der Waals surface area contributed by atoms with Crippen molar-refractivity contribution in [2.45, 2.75) is 26.2 Å². The molecule has 0 radical (unpaired) electrons. The average molecular weight is 295 g/mol. The van der Waals surface area contributed by atoms with Crippen molar-refractivity contribution in [1.29, 1.82) is 0 Å². The van der Waals surface area contributed by atoms with E-state index in [0.29, 0.717) is 0 Å². The molecule has 0 spiro atoms. The Bertz CT molecular complexity index is 304. The van der Waals surface area contributed by atoms with Gasteiger partial charge in [-0.3, -0.25) is 0 Å². The first kappa shape index (κ1) is 11.8. The van der Waals surface area contributed by atoms with Gasteiger partial charge in [-0.05, 0) is 0 Å². The topological polar surface area (TPSA) is 0 Å². The van der Waals surface area contributed by atoms with Crippen LogP contribution < -0.4 is 0 Å². The van der Waals surface area contributed by atoms with E-state index >= 15 is 0 Å². The van der Waals surface area contributed by atoms with Crippen molar-refractivity contribution in [2.24, 2.45) is 0 Å². The van der Waals surface area contributed by atoms with Crippen molar-refractivity contribution in [3.8, 4) is 0 Å². The Morgan fingerprint density at radius 2 is 1.71 bits per heavy atom. The van der Waals surface area contributed by atoms with E-state index in [-0.39, 0.29) is 0 Å². The summed E-state index contributed by atoms with van der Waals surface area (Å²) in [5.41, 5.74) is 2.79. The number of allylic oxidation sites excluding steroid dienone is 2. The Morgan fingerprint density at radius 3 is 2.21 bits per heavy atom. The fraction of sp³-hybridized carbons (Fsp3) is 0.385. The van der Waals surface area contributed by atoms with Crippen LogP contribution in [0.25, 0.3) is 5.57 Å². The molecule has 0 saturated heterocycles. The van der Waals surface area contributed by atoms with Gasteiger partial charge in [-0.1, -0.05) is 0 Å². The van der Waals surface area contributed by atoms with Crippen LogP contribution in [0.2, 0.25) is 19.3 Å². The molecule has 0 aliphatic rings. The van der Waals surface area contributed by atoms with E-state index < -0.39 is 18.4 Å². The van der Waals surface area contributed by atoms with Gasteiger partial charge in [0.1, 0.15) is 0 Å². The summed E-state index contributed by atoms with van der Waals surface area (Å²) in [5, 5.41) is 0. The predicted molar refractivity (Wildman–Crippen MR) is 68.2 cm³/mol. The second-order valence-corrected chi connectivity index (χ2v) is 20.8. The maximum atomic E-state index is 2.48. The molecular weight excluding hydrogens is 275 g/mol. The van der Waals surface area contributed by atoms with E-state index in [1.54, 1.807) is 0 Å². The van der Waals surface area contributed by atoms with E-state index in [1.165, 1.54) is 15.6 Å². The number of benzene rings is 1. The maximum absolute atomic E-state index is 2.48. The van der Waals surface area contributed by atoms with Gasteiger partial charge >= 0.3 is 92.1 Å². The van der Waals surface area contributed by atoms with Crippen LogP contribution in [0.1, 0.15) is 12.5 Å². The van der Waals surface area contributed by atoms with Gasteiger partial charge < -0.3 is 0 Å². The summed E-state index contributed by atoms with van der Waals surface area (Å²) in [4.78, 5) is 7.43. The van der Waals surface area contributed by atoms with Crippen LogP contribution in [0.4, 0.5) is 0 Å². The average Bonchev–Trinajstić information content (AvgIpc) is 2.14. The van der Waals surface area contributed by atoms with E-state index in [0.717, 1.165) is 0 Å². The summed E-state index contributed by atoms with van der Waals surface area (Å²) in [5.74, 6) is 0. The molecule has 0 N–H and O–H groups in total. The van der Waals surface area contributed by atoms with Gasteiger partial charge in [0.05, 0.1) is 0 Å². The molecule has 1 aromatic carbocycles. The van der Waals surface area contributed by atoms with Crippen molar-refractivity contribution < 1.29 is 0 Å². The molecule has 1 rings (SSSR count). The summed E-state index contributed by atoms with van der Waals surface area (Å²) < 4.78 is 1.34. The quantitative estimate of drug-likeness (QED) is 0.724. The molecule has 1 heteroatoms. The SMILES string of the molecule is C/C(=C\[CH2][Sn]([CH3])([CH3])[CH3])c1ccccc1. The van der Waals surface area contributed by atoms with Gasteiger partial charge in [-0.2, -0.15) is 0 Å². The molecule has 0 amide bonds. The third-order valence-corrected chi connectivity index (χ3v) is 6.33. The Hall–Kier alpha value is -0.241. The first-order chi connectivity index (χ1) is 6.49. The minimum absolute atomic E-state index is 1.34. The van der Waals surface area contributed by atoms with Gasteiger partial charge in [0.15, 0.2) is 0 Å². The Labute approximate surface area is 91.9 Å². The van der Waals surface area contributed by atoms with Gasteiger partial charge in [0.2, 0.25) is 0 Å². The van der Waals surface area contributed by atoms with Crippen molar-refractivity contribution in [3.63, 3.8) is 0 Å². The predicted octanol–water partition coefficient (Wildman–Crippen LogP) is 4.43. The van der Waals surface area contributed by atoms with Gasteiger partial charge in [0, 0.05) is 0 Å². The fourth-order valence-corrected chi connectivity index (χ4v) is 3.90. The summed E-state index contributed by atoms with van der Waals surface area (Å²) >= 11 is -1.60. The minimum atomic E-state index is -1.60. The molecule has 1 aromatic rings. The van der Waals surface area contributed by atoms with E-state index in [2.05, 4.69) is 58.2 Å². The van der Waals surface area contributed by atoms with Crippen molar-refractivity contribution in [1.82, 2.24) is 0 Å². The normalized spacial score (nSPS) is 13.0. The van der Waals surface area contributed by atoms with Crippen molar-refractivity contribution in [3.05, 3.63) is 42.0 Å². The molecule has 0 unspecified atom stereocenters. The zero-order valence-electron chi connectivity index (χ0n) is 9.67. The summed E-state index contributed by atoms with van der Waals surface area (Å²) in [6, 6.07) is 10.6. The second kappa shape index (κ2) is 5.01. The fourth-order valence-electron chi connectivity index (χ4n) is 1.28. The Morgan fingerprint density at radius 1 is 1.14 bits per heavy atom. The first-order valence-electron chi connectivity index (χ1n) is 5.21. The van der Waals surface area contributed by atoms with Crippen LogP contribution in [0.3, 0.4) is 0 Å². The molecule has 0 aliphatic carbocycles. The van der Waals surface area contributed by atoms with Gasteiger partial charge in [0.25, 0.3) is 0 Å². The van der Waals surface area contributed by atoms with E-state index in [4.69, 9.17) is 0 Å². The number of hydrogen-bond donors (Lipinski definition) is 0. The molecule has 0 heterocycles. The molecule has 0 atom stereocenters.